The van der Waals surface area contributed by atoms with Crippen LogP contribution in [0.3, 0.4) is 0 Å². The SMILES string of the molecule is COc1ccc(C(=O)NNC(=O)CCNC(=O)C=Cc2ccccc2)cc1. The number of hydrogen-bond donors (Lipinski definition) is 3. The minimum Gasteiger partial charge on any atom is -0.497 e. The molecular formula is C20H21N3O4. The van der Waals surface area contributed by atoms with Gasteiger partial charge in [0.2, 0.25) is 11.8 Å². The third-order valence-corrected chi connectivity index (χ3v) is 3.55. The van der Waals surface area contributed by atoms with Crippen LogP contribution in [0.15, 0.2) is 60.7 Å². The Kier molecular flexibility index (Phi) is 7.59. The molecule has 0 aliphatic rings. The molecule has 0 saturated heterocycles. The van der Waals surface area contributed by atoms with E-state index in [9.17, 15) is 14.4 Å². The first-order valence-electron chi connectivity index (χ1n) is 8.32. The number of carbonyl (C=O) groups excluding carboxylic acids is 3. The van der Waals surface area contributed by atoms with Crippen molar-refractivity contribution in [2.45, 2.75) is 6.42 Å². The van der Waals surface area contributed by atoms with Crippen LogP contribution >= 0.6 is 0 Å². The quantitative estimate of drug-likeness (QED) is 0.512. The molecule has 0 atom stereocenters. The Bertz CT molecular complexity index is 802. The second kappa shape index (κ2) is 10.4. The van der Waals surface area contributed by atoms with Crippen LogP contribution in [0.5, 0.6) is 5.75 Å². The highest BCUT2D eigenvalue weighted by molar-refractivity contribution is 5.95. The number of ether oxygens (including phenoxy) is 1. The number of amides is 3. The topological polar surface area (TPSA) is 96.5 Å². The van der Waals surface area contributed by atoms with Gasteiger partial charge in [-0.1, -0.05) is 30.3 Å². The van der Waals surface area contributed by atoms with Crippen molar-refractivity contribution in [2.75, 3.05) is 13.7 Å². The summed E-state index contributed by atoms with van der Waals surface area (Å²) >= 11 is 0. The summed E-state index contributed by atoms with van der Waals surface area (Å²) in [6.45, 7) is 0.155. The van der Waals surface area contributed by atoms with Gasteiger partial charge in [0.25, 0.3) is 5.91 Å². The summed E-state index contributed by atoms with van der Waals surface area (Å²) in [6, 6.07) is 15.9. The number of benzene rings is 2. The maximum Gasteiger partial charge on any atom is 0.269 e. The summed E-state index contributed by atoms with van der Waals surface area (Å²) < 4.78 is 5.01. The molecule has 3 N–H and O–H groups in total. The van der Waals surface area contributed by atoms with Gasteiger partial charge in [0.15, 0.2) is 0 Å². The van der Waals surface area contributed by atoms with Gasteiger partial charge in [-0.2, -0.15) is 0 Å². The van der Waals surface area contributed by atoms with E-state index in [1.165, 1.54) is 13.2 Å². The Morgan fingerprint density at radius 2 is 1.67 bits per heavy atom. The van der Waals surface area contributed by atoms with Crippen molar-refractivity contribution in [2.24, 2.45) is 0 Å². The molecule has 7 nitrogen and oxygen atoms in total. The molecule has 2 aromatic rings. The third kappa shape index (κ3) is 7.03. The van der Waals surface area contributed by atoms with Crippen molar-refractivity contribution in [1.29, 1.82) is 0 Å². The molecule has 0 radical (unpaired) electrons. The van der Waals surface area contributed by atoms with Gasteiger partial charge in [0.1, 0.15) is 5.75 Å². The number of rotatable bonds is 7. The lowest BCUT2D eigenvalue weighted by Gasteiger charge is -2.08. The van der Waals surface area contributed by atoms with Crippen LogP contribution in [-0.4, -0.2) is 31.4 Å². The molecule has 7 heteroatoms. The summed E-state index contributed by atoms with van der Waals surface area (Å²) in [7, 11) is 1.53. The van der Waals surface area contributed by atoms with Gasteiger partial charge in [-0.3, -0.25) is 25.2 Å². The predicted octanol–water partition coefficient (Wildman–Crippen LogP) is 1.68. The monoisotopic (exact) mass is 367 g/mol. The van der Waals surface area contributed by atoms with Crippen molar-refractivity contribution in [3.63, 3.8) is 0 Å². The molecule has 0 aliphatic carbocycles. The van der Waals surface area contributed by atoms with Crippen LogP contribution in [0.1, 0.15) is 22.3 Å². The van der Waals surface area contributed by atoms with Crippen molar-refractivity contribution in [3.05, 3.63) is 71.8 Å². The highest BCUT2D eigenvalue weighted by Crippen LogP contribution is 2.10. The van der Waals surface area contributed by atoms with Crippen LogP contribution in [0.25, 0.3) is 6.08 Å². The Morgan fingerprint density at radius 1 is 0.963 bits per heavy atom. The van der Waals surface area contributed by atoms with Crippen LogP contribution in [-0.2, 0) is 9.59 Å². The summed E-state index contributed by atoms with van der Waals surface area (Å²) in [4.78, 5) is 35.3. The van der Waals surface area contributed by atoms with Crippen LogP contribution in [0.2, 0.25) is 0 Å². The van der Waals surface area contributed by atoms with E-state index in [1.54, 1.807) is 30.3 Å². The first-order chi connectivity index (χ1) is 13.1. The van der Waals surface area contributed by atoms with Gasteiger partial charge in [-0.25, -0.2) is 0 Å². The van der Waals surface area contributed by atoms with Gasteiger partial charge in [-0.15, -0.1) is 0 Å². The van der Waals surface area contributed by atoms with Crippen molar-refractivity contribution < 1.29 is 19.1 Å². The van der Waals surface area contributed by atoms with Gasteiger partial charge in [0, 0.05) is 24.6 Å². The van der Waals surface area contributed by atoms with Crippen LogP contribution in [0.4, 0.5) is 0 Å². The Balaban J connectivity index is 1.66. The van der Waals surface area contributed by atoms with E-state index < -0.39 is 11.8 Å². The highest BCUT2D eigenvalue weighted by Gasteiger charge is 2.07. The fourth-order valence-electron chi connectivity index (χ4n) is 2.10. The highest BCUT2D eigenvalue weighted by atomic mass is 16.5. The predicted molar refractivity (Wildman–Crippen MR) is 102 cm³/mol. The largest absolute Gasteiger partial charge is 0.497 e. The molecule has 2 rings (SSSR count). The minimum absolute atomic E-state index is 0.0355. The summed E-state index contributed by atoms with van der Waals surface area (Å²) in [6.07, 6.45) is 3.12. The maximum atomic E-state index is 11.9. The van der Waals surface area contributed by atoms with E-state index >= 15 is 0 Å². The van der Waals surface area contributed by atoms with E-state index in [-0.39, 0.29) is 18.9 Å². The molecule has 0 unspecified atom stereocenters. The zero-order valence-corrected chi connectivity index (χ0v) is 14.9. The molecule has 140 valence electrons. The first kappa shape index (κ1) is 19.7. The Labute approximate surface area is 157 Å². The molecule has 27 heavy (non-hydrogen) atoms. The average molecular weight is 367 g/mol. The van der Waals surface area contributed by atoms with Crippen molar-refractivity contribution >= 4 is 23.8 Å². The number of hydrogen-bond acceptors (Lipinski definition) is 4. The average Bonchev–Trinajstić information content (AvgIpc) is 2.71. The number of methoxy groups -OCH3 is 1. The van der Waals surface area contributed by atoms with Gasteiger partial charge >= 0.3 is 0 Å². The minimum atomic E-state index is -0.444. The lowest BCUT2D eigenvalue weighted by atomic mass is 10.2. The molecule has 0 aliphatic heterocycles. The van der Waals surface area contributed by atoms with Gasteiger partial charge < -0.3 is 10.1 Å². The first-order valence-corrected chi connectivity index (χ1v) is 8.32. The van der Waals surface area contributed by atoms with Gasteiger partial charge in [-0.05, 0) is 35.9 Å². The zero-order chi connectivity index (χ0) is 19.5. The summed E-state index contributed by atoms with van der Waals surface area (Å²) in [5.74, 6) is -0.522. The Hall–Kier alpha value is -3.61. The lowest BCUT2D eigenvalue weighted by Crippen LogP contribution is -2.42. The fourth-order valence-corrected chi connectivity index (χ4v) is 2.10. The van der Waals surface area contributed by atoms with E-state index in [1.807, 2.05) is 30.3 Å². The van der Waals surface area contributed by atoms with E-state index in [4.69, 9.17) is 4.74 Å². The second-order valence-electron chi connectivity index (χ2n) is 5.52. The molecule has 2 aromatic carbocycles. The smallest absolute Gasteiger partial charge is 0.269 e. The number of carbonyl (C=O) groups is 3. The van der Waals surface area contributed by atoms with Crippen LogP contribution < -0.4 is 20.9 Å². The zero-order valence-electron chi connectivity index (χ0n) is 14.9. The van der Waals surface area contributed by atoms with E-state index in [2.05, 4.69) is 16.2 Å². The number of hydrazine groups is 1. The molecule has 0 bridgehead atoms. The molecule has 0 heterocycles. The van der Waals surface area contributed by atoms with Gasteiger partial charge in [0.05, 0.1) is 7.11 Å². The Morgan fingerprint density at radius 3 is 2.33 bits per heavy atom. The fraction of sp³-hybridized carbons (Fsp3) is 0.150. The molecule has 0 spiro atoms. The lowest BCUT2D eigenvalue weighted by molar-refractivity contribution is -0.122. The molecule has 0 aromatic heterocycles. The number of nitrogens with one attached hydrogen (secondary N) is 3. The molecule has 0 saturated carbocycles. The molecule has 0 fully saturated rings. The van der Waals surface area contributed by atoms with Crippen molar-refractivity contribution in [1.82, 2.24) is 16.2 Å². The maximum absolute atomic E-state index is 11.9. The second-order valence-corrected chi connectivity index (χ2v) is 5.52. The summed E-state index contributed by atoms with van der Waals surface area (Å²) in [5, 5.41) is 2.60. The van der Waals surface area contributed by atoms with E-state index in [0.29, 0.717) is 11.3 Å². The normalized spacial score (nSPS) is 10.3. The van der Waals surface area contributed by atoms with Crippen LogP contribution in [0, 0.1) is 0 Å². The van der Waals surface area contributed by atoms with E-state index in [0.717, 1.165) is 5.56 Å². The standard InChI is InChI=1S/C20H21N3O4/c1-27-17-10-8-16(9-11-17)20(26)23-22-19(25)13-14-21-18(24)12-7-15-5-3-2-4-6-15/h2-12H,13-14H2,1H3,(H,21,24)(H,22,25)(H,23,26). The third-order valence-electron chi connectivity index (χ3n) is 3.55. The molecular weight excluding hydrogens is 346 g/mol. The molecule has 3 amide bonds. The summed E-state index contributed by atoms with van der Waals surface area (Å²) in [5.41, 5.74) is 5.91. The van der Waals surface area contributed by atoms with Crippen molar-refractivity contribution in [3.8, 4) is 5.75 Å².